The van der Waals surface area contributed by atoms with Gasteiger partial charge in [0.2, 0.25) is 0 Å². The number of methoxy groups -OCH3 is 2. The highest BCUT2D eigenvalue weighted by atomic mass is 32.2. The molecule has 1 aliphatic heterocycles. The van der Waals surface area contributed by atoms with E-state index in [1.54, 1.807) is 41.0 Å². The topological polar surface area (TPSA) is 87.5 Å². The van der Waals surface area contributed by atoms with E-state index < -0.39 is 0 Å². The summed E-state index contributed by atoms with van der Waals surface area (Å²) in [6.07, 6.45) is 2.57. The maximum absolute atomic E-state index is 14.7. The number of hydrogen-bond donors (Lipinski definition) is 1. The van der Waals surface area contributed by atoms with Crippen molar-refractivity contribution in [2.24, 2.45) is 0 Å². The first kappa shape index (κ1) is 24.0. The number of amides is 1. The van der Waals surface area contributed by atoms with Crippen LogP contribution in [0.3, 0.4) is 0 Å². The quantitative estimate of drug-likeness (QED) is 0.438. The van der Waals surface area contributed by atoms with Crippen molar-refractivity contribution in [1.82, 2.24) is 20.1 Å². The van der Waals surface area contributed by atoms with E-state index in [1.807, 2.05) is 0 Å². The third-order valence-electron chi connectivity index (χ3n) is 5.51. The molecular weight excluding hydrogens is 459 g/mol. The number of rotatable bonds is 10. The van der Waals surface area contributed by atoms with Crippen molar-refractivity contribution in [3.63, 3.8) is 0 Å². The van der Waals surface area contributed by atoms with E-state index in [1.165, 1.54) is 32.0 Å². The fourth-order valence-electron chi connectivity index (χ4n) is 3.83. The predicted molar refractivity (Wildman–Crippen MR) is 127 cm³/mol. The van der Waals surface area contributed by atoms with Crippen molar-refractivity contribution in [1.29, 1.82) is 0 Å². The molecule has 2 heterocycles. The van der Waals surface area contributed by atoms with Crippen LogP contribution in [0.2, 0.25) is 0 Å². The van der Waals surface area contributed by atoms with Crippen LogP contribution in [0.15, 0.2) is 47.6 Å². The smallest absolute Gasteiger partial charge is 0.258 e. The van der Waals surface area contributed by atoms with E-state index in [0.717, 1.165) is 25.2 Å². The summed E-state index contributed by atoms with van der Waals surface area (Å²) in [6, 6.07) is 11.7. The first-order valence-corrected chi connectivity index (χ1v) is 12.0. The van der Waals surface area contributed by atoms with Gasteiger partial charge in [-0.3, -0.25) is 9.36 Å². The number of hydrogen-bond acceptors (Lipinski definition) is 7. The van der Waals surface area contributed by atoms with Gasteiger partial charge in [0.25, 0.3) is 5.91 Å². The average Bonchev–Trinajstić information content (AvgIpc) is 3.52. The van der Waals surface area contributed by atoms with Crippen molar-refractivity contribution >= 4 is 17.7 Å². The molecule has 10 heteroatoms. The first-order chi connectivity index (χ1) is 16.6. The molecule has 180 valence electrons. The van der Waals surface area contributed by atoms with Gasteiger partial charge < -0.3 is 19.5 Å². The number of nitrogens with zero attached hydrogens (tertiary/aromatic N) is 3. The Morgan fingerprint density at radius 3 is 2.62 bits per heavy atom. The number of nitrogens with one attached hydrogen (secondary N) is 1. The van der Waals surface area contributed by atoms with Gasteiger partial charge in [-0.15, -0.1) is 10.2 Å². The molecule has 1 saturated heterocycles. The number of halogens is 1. The monoisotopic (exact) mass is 486 g/mol. The molecule has 2 aromatic carbocycles. The van der Waals surface area contributed by atoms with Crippen LogP contribution in [0, 0.1) is 5.82 Å². The molecule has 1 N–H and O–H groups in total. The van der Waals surface area contributed by atoms with Gasteiger partial charge in [-0.05, 0) is 37.1 Å². The number of thioether (sulfide) groups is 1. The van der Waals surface area contributed by atoms with Gasteiger partial charge in [-0.25, -0.2) is 4.39 Å². The first-order valence-electron chi connectivity index (χ1n) is 11.0. The summed E-state index contributed by atoms with van der Waals surface area (Å²) < 4.78 is 32.7. The molecule has 34 heavy (non-hydrogen) atoms. The molecule has 1 atom stereocenters. The van der Waals surface area contributed by atoms with Crippen LogP contribution in [0.1, 0.15) is 29.0 Å². The molecular formula is C24H27FN4O4S. The summed E-state index contributed by atoms with van der Waals surface area (Å²) in [5.41, 5.74) is 0.686. The second-order valence-electron chi connectivity index (χ2n) is 7.68. The number of carbonyl (C=O) groups is 1. The van der Waals surface area contributed by atoms with Crippen molar-refractivity contribution < 1.29 is 23.4 Å². The van der Waals surface area contributed by atoms with Crippen LogP contribution in [-0.4, -0.2) is 59.9 Å². The average molecular weight is 487 g/mol. The molecule has 3 aromatic rings. The lowest BCUT2D eigenvalue weighted by Gasteiger charge is -2.14. The molecule has 0 radical (unpaired) electrons. The molecule has 1 amide bonds. The molecule has 1 aromatic heterocycles. The summed E-state index contributed by atoms with van der Waals surface area (Å²) in [5.74, 6) is 1.40. The van der Waals surface area contributed by atoms with Gasteiger partial charge in [-0.1, -0.05) is 30.0 Å². The molecule has 1 aliphatic rings. The lowest BCUT2D eigenvalue weighted by Crippen LogP contribution is -2.27. The minimum absolute atomic E-state index is 0.161. The summed E-state index contributed by atoms with van der Waals surface area (Å²) in [6.45, 7) is 1.04. The van der Waals surface area contributed by atoms with Crippen LogP contribution < -0.4 is 14.8 Å². The van der Waals surface area contributed by atoms with Gasteiger partial charge in [0.15, 0.2) is 5.16 Å². The van der Waals surface area contributed by atoms with Crippen molar-refractivity contribution in [2.45, 2.75) is 30.5 Å². The zero-order valence-corrected chi connectivity index (χ0v) is 19.9. The summed E-state index contributed by atoms with van der Waals surface area (Å²) in [7, 11) is 3.00. The third kappa shape index (κ3) is 5.34. The lowest BCUT2D eigenvalue weighted by atomic mass is 10.1. The molecule has 0 saturated carbocycles. The molecule has 0 spiro atoms. The van der Waals surface area contributed by atoms with Crippen LogP contribution in [0.5, 0.6) is 11.5 Å². The van der Waals surface area contributed by atoms with Crippen molar-refractivity contribution in [3.05, 3.63) is 59.7 Å². The second kappa shape index (κ2) is 11.3. The van der Waals surface area contributed by atoms with Crippen LogP contribution >= 0.6 is 11.8 Å². The summed E-state index contributed by atoms with van der Waals surface area (Å²) >= 11 is 1.49. The Balaban J connectivity index is 1.51. The van der Waals surface area contributed by atoms with E-state index >= 15 is 0 Å². The Morgan fingerprint density at radius 2 is 1.94 bits per heavy atom. The number of para-hydroxylation sites is 1. The van der Waals surface area contributed by atoms with E-state index in [0.29, 0.717) is 40.2 Å². The molecule has 0 aliphatic carbocycles. The molecule has 0 bridgehead atoms. The Hall–Kier alpha value is -3.11. The van der Waals surface area contributed by atoms with Crippen LogP contribution in [0.25, 0.3) is 5.69 Å². The molecule has 4 rings (SSSR count). The zero-order valence-electron chi connectivity index (χ0n) is 19.1. The fraction of sp³-hybridized carbons (Fsp3) is 0.375. The van der Waals surface area contributed by atoms with Crippen LogP contribution in [-0.2, 0) is 11.2 Å². The Labute approximate surface area is 201 Å². The molecule has 8 nitrogen and oxygen atoms in total. The third-order valence-corrected chi connectivity index (χ3v) is 6.57. The minimum atomic E-state index is -0.370. The normalized spacial score (nSPS) is 15.3. The van der Waals surface area contributed by atoms with E-state index in [2.05, 4.69) is 15.5 Å². The lowest BCUT2D eigenvalue weighted by molar-refractivity contribution is 0.0947. The SMILES string of the molecule is COc1cccc(OC)c1C(=O)NCCc1nnc(SC[C@@H]2CCCO2)n1-c1ccccc1F. The van der Waals surface area contributed by atoms with Gasteiger partial charge >= 0.3 is 0 Å². The molecule has 1 fully saturated rings. The van der Waals surface area contributed by atoms with Crippen LogP contribution in [0.4, 0.5) is 4.39 Å². The summed E-state index contributed by atoms with van der Waals surface area (Å²) in [5, 5.41) is 12.1. The van der Waals surface area contributed by atoms with E-state index in [-0.39, 0.29) is 24.4 Å². The van der Waals surface area contributed by atoms with E-state index in [9.17, 15) is 9.18 Å². The highest BCUT2D eigenvalue weighted by Gasteiger charge is 2.22. The van der Waals surface area contributed by atoms with Gasteiger partial charge in [0, 0.05) is 25.3 Å². The second-order valence-corrected chi connectivity index (χ2v) is 8.66. The minimum Gasteiger partial charge on any atom is -0.496 e. The summed E-state index contributed by atoms with van der Waals surface area (Å²) in [4.78, 5) is 12.9. The Kier molecular flexibility index (Phi) is 8.02. The maximum Gasteiger partial charge on any atom is 0.258 e. The zero-order chi connectivity index (χ0) is 23.9. The standard InChI is InChI=1S/C24H27FN4O4S/c1-31-19-10-5-11-20(32-2)22(19)23(30)26-13-12-21-27-28-24(34-15-16-7-6-14-33-16)29(21)18-9-4-3-8-17(18)25/h3-5,8-11,16H,6-7,12-15H2,1-2H3,(H,26,30)/t16-/m0/s1. The predicted octanol–water partition coefficient (Wildman–Crippen LogP) is 3.67. The highest BCUT2D eigenvalue weighted by Crippen LogP contribution is 2.29. The number of carbonyl (C=O) groups excluding carboxylic acids is 1. The number of ether oxygens (including phenoxy) is 3. The fourth-order valence-corrected chi connectivity index (χ4v) is 4.85. The van der Waals surface area contributed by atoms with Gasteiger partial charge in [0.05, 0.1) is 26.0 Å². The Bertz CT molecular complexity index is 1110. The number of benzene rings is 2. The van der Waals surface area contributed by atoms with Gasteiger partial charge in [-0.2, -0.15) is 0 Å². The molecule has 0 unspecified atom stereocenters. The maximum atomic E-state index is 14.7. The van der Waals surface area contributed by atoms with E-state index in [4.69, 9.17) is 14.2 Å². The highest BCUT2D eigenvalue weighted by molar-refractivity contribution is 7.99. The van der Waals surface area contributed by atoms with Crippen molar-refractivity contribution in [3.8, 4) is 17.2 Å². The van der Waals surface area contributed by atoms with Crippen molar-refractivity contribution in [2.75, 3.05) is 33.1 Å². The van der Waals surface area contributed by atoms with Gasteiger partial charge in [0.1, 0.15) is 28.7 Å². The largest absolute Gasteiger partial charge is 0.496 e. The number of aromatic nitrogens is 3. The Morgan fingerprint density at radius 1 is 1.18 bits per heavy atom.